The molecule has 1 N–H and O–H groups in total. The van der Waals surface area contributed by atoms with Gasteiger partial charge in [0.1, 0.15) is 11.5 Å². The number of ketones is 1. The first-order valence-electron chi connectivity index (χ1n) is 11.9. The summed E-state index contributed by atoms with van der Waals surface area (Å²) in [6.45, 7) is 10.5. The number of aliphatic hydroxyl groups is 1. The van der Waals surface area contributed by atoms with Gasteiger partial charge in [0.25, 0.3) is 11.7 Å². The van der Waals surface area contributed by atoms with Gasteiger partial charge >= 0.3 is 0 Å². The number of benzene rings is 3. The van der Waals surface area contributed by atoms with E-state index in [1.165, 1.54) is 4.90 Å². The number of ether oxygens (including phenoxy) is 1. The fraction of sp³-hybridized carbons (Fsp3) is 0.267. The molecule has 0 saturated carbocycles. The lowest BCUT2D eigenvalue weighted by atomic mass is 9.92. The van der Waals surface area contributed by atoms with Crippen LogP contribution in [0.15, 0.2) is 72.3 Å². The summed E-state index contributed by atoms with van der Waals surface area (Å²) in [5.41, 5.74) is 4.91. The third kappa shape index (κ3) is 4.59. The van der Waals surface area contributed by atoms with Gasteiger partial charge < -0.3 is 9.84 Å². The molecule has 3 aromatic rings. The van der Waals surface area contributed by atoms with Crippen LogP contribution in [0.2, 0.25) is 0 Å². The number of carbonyl (C=O) groups is 2. The van der Waals surface area contributed by atoms with Crippen LogP contribution >= 0.6 is 0 Å². The summed E-state index contributed by atoms with van der Waals surface area (Å²) in [7, 11) is 0. The number of aliphatic hydroxyl groups excluding tert-OH is 1. The van der Waals surface area contributed by atoms with Crippen molar-refractivity contribution < 1.29 is 19.4 Å². The third-order valence-corrected chi connectivity index (χ3v) is 6.44. The van der Waals surface area contributed by atoms with Gasteiger partial charge in [0.05, 0.1) is 18.2 Å². The summed E-state index contributed by atoms with van der Waals surface area (Å²) in [5.74, 6) is -0.498. The Morgan fingerprint density at radius 2 is 1.63 bits per heavy atom. The van der Waals surface area contributed by atoms with Crippen LogP contribution in [-0.4, -0.2) is 23.4 Å². The van der Waals surface area contributed by atoms with Gasteiger partial charge in [-0.3, -0.25) is 14.5 Å². The first-order valence-corrected chi connectivity index (χ1v) is 11.9. The first-order chi connectivity index (χ1) is 16.7. The second-order valence-corrected chi connectivity index (χ2v) is 9.24. The number of nitrogens with zero attached hydrogens (tertiary/aromatic N) is 1. The average molecular weight is 470 g/mol. The topological polar surface area (TPSA) is 66.8 Å². The van der Waals surface area contributed by atoms with Gasteiger partial charge in [0.2, 0.25) is 0 Å². The van der Waals surface area contributed by atoms with E-state index in [4.69, 9.17) is 4.74 Å². The SMILES string of the molecule is CCOc1ccc(N2C(=O)C(=O)/C(=C(/O)c3cc(C)ccc3C)C2c2ccc(C(C)C)cc2)cc1. The summed E-state index contributed by atoms with van der Waals surface area (Å²) < 4.78 is 5.54. The van der Waals surface area contributed by atoms with E-state index in [2.05, 4.69) is 13.8 Å². The molecule has 0 aromatic heterocycles. The van der Waals surface area contributed by atoms with E-state index < -0.39 is 17.7 Å². The molecule has 1 fully saturated rings. The molecular formula is C30H31NO4. The number of rotatable bonds is 6. The second kappa shape index (κ2) is 9.79. The predicted octanol–water partition coefficient (Wildman–Crippen LogP) is 6.45. The molecule has 1 amide bonds. The Hall–Kier alpha value is -3.86. The maximum absolute atomic E-state index is 13.4. The summed E-state index contributed by atoms with van der Waals surface area (Å²) >= 11 is 0. The second-order valence-electron chi connectivity index (χ2n) is 9.24. The van der Waals surface area contributed by atoms with Crippen molar-refractivity contribution >= 4 is 23.1 Å². The number of aryl methyl sites for hydroxylation is 2. The highest BCUT2D eigenvalue weighted by Crippen LogP contribution is 2.43. The zero-order chi connectivity index (χ0) is 25.3. The smallest absolute Gasteiger partial charge is 0.300 e. The van der Waals surface area contributed by atoms with Crippen molar-refractivity contribution in [3.05, 3.63) is 100 Å². The van der Waals surface area contributed by atoms with Gasteiger partial charge in [-0.05, 0) is 73.7 Å². The molecule has 1 saturated heterocycles. The third-order valence-electron chi connectivity index (χ3n) is 6.44. The van der Waals surface area contributed by atoms with Gasteiger partial charge in [-0.2, -0.15) is 0 Å². The quantitative estimate of drug-likeness (QED) is 0.256. The fourth-order valence-corrected chi connectivity index (χ4v) is 4.48. The highest BCUT2D eigenvalue weighted by atomic mass is 16.5. The minimum absolute atomic E-state index is 0.0925. The van der Waals surface area contributed by atoms with Crippen LogP contribution in [0.5, 0.6) is 5.75 Å². The molecule has 0 spiro atoms. The van der Waals surface area contributed by atoms with Crippen LogP contribution in [-0.2, 0) is 9.59 Å². The van der Waals surface area contributed by atoms with Crippen molar-refractivity contribution in [3.8, 4) is 5.75 Å². The largest absolute Gasteiger partial charge is 0.507 e. The minimum atomic E-state index is -0.755. The Bertz CT molecular complexity index is 1290. The number of carbonyl (C=O) groups excluding carboxylic acids is 2. The number of anilines is 1. The molecule has 0 radical (unpaired) electrons. The van der Waals surface area contributed by atoms with E-state index in [9.17, 15) is 14.7 Å². The van der Waals surface area contributed by atoms with Crippen LogP contribution in [0, 0.1) is 13.8 Å². The van der Waals surface area contributed by atoms with E-state index in [1.54, 1.807) is 24.3 Å². The van der Waals surface area contributed by atoms with Crippen molar-refractivity contribution in [1.29, 1.82) is 0 Å². The Balaban J connectivity index is 1.91. The van der Waals surface area contributed by atoms with Crippen LogP contribution < -0.4 is 9.64 Å². The van der Waals surface area contributed by atoms with Crippen molar-refractivity contribution in [2.45, 2.75) is 46.6 Å². The van der Waals surface area contributed by atoms with Crippen molar-refractivity contribution in [2.24, 2.45) is 0 Å². The first kappa shape index (κ1) is 24.3. The predicted molar refractivity (Wildman–Crippen MR) is 139 cm³/mol. The molecule has 5 heteroatoms. The summed E-state index contributed by atoms with van der Waals surface area (Å²) in [5, 5.41) is 11.4. The van der Waals surface area contributed by atoms with Crippen molar-refractivity contribution in [2.75, 3.05) is 11.5 Å². The van der Waals surface area contributed by atoms with Crippen molar-refractivity contribution in [3.63, 3.8) is 0 Å². The van der Waals surface area contributed by atoms with Crippen LogP contribution in [0.25, 0.3) is 5.76 Å². The Morgan fingerprint density at radius 1 is 0.971 bits per heavy atom. The van der Waals surface area contributed by atoms with Crippen LogP contribution in [0.4, 0.5) is 5.69 Å². The van der Waals surface area contributed by atoms with Gasteiger partial charge in [0, 0.05) is 11.3 Å². The van der Waals surface area contributed by atoms with Gasteiger partial charge in [-0.15, -0.1) is 0 Å². The highest BCUT2D eigenvalue weighted by molar-refractivity contribution is 6.51. The Kier molecular flexibility index (Phi) is 6.79. The average Bonchev–Trinajstić information content (AvgIpc) is 3.11. The molecule has 180 valence electrons. The van der Waals surface area contributed by atoms with E-state index in [0.29, 0.717) is 29.5 Å². The maximum atomic E-state index is 13.4. The molecular weight excluding hydrogens is 438 g/mol. The van der Waals surface area contributed by atoms with E-state index in [1.807, 2.05) is 63.2 Å². The lowest BCUT2D eigenvalue weighted by Gasteiger charge is -2.26. The molecule has 1 aliphatic rings. The van der Waals surface area contributed by atoms with Crippen molar-refractivity contribution in [1.82, 2.24) is 0 Å². The van der Waals surface area contributed by atoms with E-state index in [-0.39, 0.29) is 11.3 Å². The van der Waals surface area contributed by atoms with E-state index >= 15 is 0 Å². The number of hydrogen-bond acceptors (Lipinski definition) is 4. The molecule has 1 unspecified atom stereocenters. The Labute approximate surface area is 206 Å². The molecule has 0 aliphatic carbocycles. The van der Waals surface area contributed by atoms with Gasteiger partial charge in [-0.1, -0.05) is 55.8 Å². The highest BCUT2D eigenvalue weighted by Gasteiger charge is 2.47. The molecule has 1 atom stereocenters. The minimum Gasteiger partial charge on any atom is -0.507 e. The molecule has 35 heavy (non-hydrogen) atoms. The van der Waals surface area contributed by atoms with E-state index in [0.717, 1.165) is 22.3 Å². The monoisotopic (exact) mass is 469 g/mol. The number of Topliss-reactive ketones (excluding diaryl/α,β-unsaturated/α-hetero) is 1. The zero-order valence-corrected chi connectivity index (χ0v) is 20.8. The molecule has 5 nitrogen and oxygen atoms in total. The standard InChI is InChI=1S/C30H31NO4/c1-6-35-24-15-13-23(14-16-24)31-27(22-11-9-21(10-12-22)18(2)3)26(29(33)30(31)34)28(32)25-17-19(4)7-8-20(25)5/h7-18,27,32H,6H2,1-5H3/b28-26+. The molecule has 1 heterocycles. The molecule has 4 rings (SSSR count). The lowest BCUT2D eigenvalue weighted by Crippen LogP contribution is -2.29. The number of hydrogen-bond donors (Lipinski definition) is 1. The summed E-state index contributed by atoms with van der Waals surface area (Å²) in [6, 6.07) is 19.9. The summed E-state index contributed by atoms with van der Waals surface area (Å²) in [6.07, 6.45) is 0. The molecule has 1 aliphatic heterocycles. The van der Waals surface area contributed by atoms with Crippen LogP contribution in [0.1, 0.15) is 60.5 Å². The Morgan fingerprint density at radius 3 is 2.23 bits per heavy atom. The molecule has 0 bridgehead atoms. The zero-order valence-electron chi connectivity index (χ0n) is 20.8. The fourth-order valence-electron chi connectivity index (χ4n) is 4.48. The molecule has 3 aromatic carbocycles. The number of amides is 1. The maximum Gasteiger partial charge on any atom is 0.300 e. The van der Waals surface area contributed by atoms with Crippen LogP contribution in [0.3, 0.4) is 0 Å². The lowest BCUT2D eigenvalue weighted by molar-refractivity contribution is -0.132. The van der Waals surface area contributed by atoms with Gasteiger partial charge in [-0.25, -0.2) is 0 Å². The summed E-state index contributed by atoms with van der Waals surface area (Å²) in [4.78, 5) is 28.2. The normalized spacial score (nSPS) is 17.3. The van der Waals surface area contributed by atoms with Gasteiger partial charge in [0.15, 0.2) is 0 Å².